The molecule has 2 aromatic rings. The van der Waals surface area contributed by atoms with Crippen LogP contribution in [0, 0.1) is 0 Å². The van der Waals surface area contributed by atoms with Gasteiger partial charge >= 0.3 is 5.97 Å². The number of carbonyl (C=O) groups is 1. The van der Waals surface area contributed by atoms with Crippen LogP contribution in [-0.4, -0.2) is 19.0 Å². The molecule has 0 fully saturated rings. The SMILES string of the molecule is COc1ccc(/C=C2/N=C(c3ccccc3Br)OC2=O)cc1. The van der Waals surface area contributed by atoms with Gasteiger partial charge in [-0.2, -0.15) is 0 Å². The van der Waals surface area contributed by atoms with E-state index in [-0.39, 0.29) is 5.70 Å². The van der Waals surface area contributed by atoms with Gasteiger partial charge in [0.05, 0.1) is 12.7 Å². The molecule has 0 spiro atoms. The van der Waals surface area contributed by atoms with Gasteiger partial charge in [0.2, 0.25) is 5.90 Å². The van der Waals surface area contributed by atoms with Gasteiger partial charge in [0.1, 0.15) is 5.75 Å². The van der Waals surface area contributed by atoms with E-state index in [0.29, 0.717) is 5.90 Å². The van der Waals surface area contributed by atoms with Crippen LogP contribution in [0.4, 0.5) is 0 Å². The lowest BCUT2D eigenvalue weighted by Crippen LogP contribution is -2.05. The third-order valence-corrected chi connectivity index (χ3v) is 3.84. The smallest absolute Gasteiger partial charge is 0.363 e. The van der Waals surface area contributed by atoms with Crippen LogP contribution in [0.25, 0.3) is 6.08 Å². The number of aliphatic imine (C=N–C) groups is 1. The third kappa shape index (κ3) is 2.94. The Balaban J connectivity index is 1.92. The van der Waals surface area contributed by atoms with Gasteiger partial charge in [-0.1, -0.05) is 24.3 Å². The van der Waals surface area contributed by atoms with Crippen LogP contribution in [0.3, 0.4) is 0 Å². The van der Waals surface area contributed by atoms with Gasteiger partial charge < -0.3 is 9.47 Å². The summed E-state index contributed by atoms with van der Waals surface area (Å²) in [7, 11) is 1.61. The van der Waals surface area contributed by atoms with Gasteiger partial charge in [-0.15, -0.1) is 0 Å². The molecule has 2 aromatic carbocycles. The van der Waals surface area contributed by atoms with E-state index in [9.17, 15) is 4.79 Å². The van der Waals surface area contributed by atoms with Gasteiger partial charge in [-0.25, -0.2) is 9.79 Å². The molecule has 0 aliphatic carbocycles. The minimum atomic E-state index is -0.457. The van der Waals surface area contributed by atoms with E-state index in [1.807, 2.05) is 48.5 Å². The molecule has 1 aliphatic rings. The maximum atomic E-state index is 12.0. The highest BCUT2D eigenvalue weighted by molar-refractivity contribution is 9.10. The molecule has 0 amide bonds. The molecule has 4 nitrogen and oxygen atoms in total. The van der Waals surface area contributed by atoms with Crippen molar-refractivity contribution < 1.29 is 14.3 Å². The van der Waals surface area contributed by atoms with E-state index in [1.54, 1.807) is 13.2 Å². The van der Waals surface area contributed by atoms with E-state index < -0.39 is 5.97 Å². The number of cyclic esters (lactones) is 1. The van der Waals surface area contributed by atoms with Crippen LogP contribution in [0.2, 0.25) is 0 Å². The number of ether oxygens (including phenoxy) is 2. The van der Waals surface area contributed by atoms with Crippen molar-refractivity contribution in [2.45, 2.75) is 0 Å². The van der Waals surface area contributed by atoms with Crippen LogP contribution >= 0.6 is 15.9 Å². The van der Waals surface area contributed by atoms with Crippen molar-refractivity contribution in [3.8, 4) is 5.75 Å². The van der Waals surface area contributed by atoms with Crippen molar-refractivity contribution in [1.29, 1.82) is 0 Å². The van der Waals surface area contributed by atoms with Crippen LogP contribution in [0.5, 0.6) is 5.75 Å². The molecular weight excluding hydrogens is 346 g/mol. The summed E-state index contributed by atoms with van der Waals surface area (Å²) in [5.41, 5.74) is 1.87. The number of halogens is 1. The number of hydrogen-bond donors (Lipinski definition) is 0. The highest BCUT2D eigenvalue weighted by atomic mass is 79.9. The first kappa shape index (κ1) is 14.5. The monoisotopic (exact) mass is 357 g/mol. The zero-order valence-corrected chi connectivity index (χ0v) is 13.3. The number of methoxy groups -OCH3 is 1. The van der Waals surface area contributed by atoms with Crippen molar-refractivity contribution in [3.05, 3.63) is 69.8 Å². The Kier molecular flexibility index (Phi) is 4.06. The molecule has 0 saturated carbocycles. The normalized spacial score (nSPS) is 15.6. The average molecular weight is 358 g/mol. The van der Waals surface area contributed by atoms with E-state index in [1.165, 1.54) is 0 Å². The quantitative estimate of drug-likeness (QED) is 0.619. The minimum Gasteiger partial charge on any atom is -0.497 e. The molecule has 0 bridgehead atoms. The van der Waals surface area contributed by atoms with E-state index in [2.05, 4.69) is 20.9 Å². The summed E-state index contributed by atoms with van der Waals surface area (Å²) in [5, 5.41) is 0. The average Bonchev–Trinajstić information content (AvgIpc) is 2.89. The molecule has 0 atom stereocenters. The Morgan fingerprint density at radius 2 is 1.86 bits per heavy atom. The van der Waals surface area contributed by atoms with Gasteiger partial charge in [-0.05, 0) is 51.8 Å². The van der Waals surface area contributed by atoms with Gasteiger partial charge in [-0.3, -0.25) is 0 Å². The summed E-state index contributed by atoms with van der Waals surface area (Å²) in [6.45, 7) is 0. The first-order chi connectivity index (χ1) is 10.7. The standard InChI is InChI=1S/C17H12BrNO3/c1-21-12-8-6-11(7-9-12)10-15-17(20)22-16(19-15)13-4-2-3-5-14(13)18/h2-10H,1H3/b15-10+. The van der Waals surface area contributed by atoms with Crippen LogP contribution in [0.1, 0.15) is 11.1 Å². The summed E-state index contributed by atoms with van der Waals surface area (Å²) in [6, 6.07) is 14.8. The second-order valence-corrected chi connectivity index (χ2v) is 5.44. The molecule has 0 radical (unpaired) electrons. The summed E-state index contributed by atoms with van der Waals surface area (Å²) >= 11 is 3.42. The Morgan fingerprint density at radius 3 is 2.55 bits per heavy atom. The van der Waals surface area contributed by atoms with Gasteiger partial charge in [0.25, 0.3) is 0 Å². The predicted octanol–water partition coefficient (Wildman–Crippen LogP) is 3.80. The molecule has 0 aromatic heterocycles. The Bertz CT molecular complexity index is 779. The lowest BCUT2D eigenvalue weighted by Gasteiger charge is -2.01. The maximum absolute atomic E-state index is 12.0. The fourth-order valence-electron chi connectivity index (χ4n) is 2.02. The number of nitrogens with zero attached hydrogens (tertiary/aromatic N) is 1. The molecule has 1 aliphatic heterocycles. The summed E-state index contributed by atoms with van der Waals surface area (Å²) < 4.78 is 11.2. The first-order valence-corrected chi connectivity index (χ1v) is 7.38. The van der Waals surface area contributed by atoms with Gasteiger partial charge in [0.15, 0.2) is 5.70 Å². The summed E-state index contributed by atoms with van der Waals surface area (Å²) in [4.78, 5) is 16.2. The van der Waals surface area contributed by atoms with E-state index in [4.69, 9.17) is 9.47 Å². The van der Waals surface area contributed by atoms with Crippen molar-refractivity contribution in [3.63, 3.8) is 0 Å². The Morgan fingerprint density at radius 1 is 1.14 bits per heavy atom. The number of benzene rings is 2. The molecule has 0 N–H and O–H groups in total. The first-order valence-electron chi connectivity index (χ1n) is 6.59. The molecule has 3 rings (SSSR count). The van der Waals surface area contributed by atoms with E-state index >= 15 is 0 Å². The van der Waals surface area contributed by atoms with Crippen molar-refractivity contribution in [1.82, 2.24) is 0 Å². The maximum Gasteiger partial charge on any atom is 0.363 e. The van der Waals surface area contributed by atoms with Crippen molar-refractivity contribution in [2.75, 3.05) is 7.11 Å². The molecule has 110 valence electrons. The molecule has 5 heteroatoms. The van der Waals surface area contributed by atoms with Crippen LogP contribution in [-0.2, 0) is 9.53 Å². The highest BCUT2D eigenvalue weighted by Gasteiger charge is 2.25. The molecule has 0 unspecified atom stereocenters. The van der Waals surface area contributed by atoms with Crippen molar-refractivity contribution >= 4 is 33.9 Å². The minimum absolute atomic E-state index is 0.274. The zero-order chi connectivity index (χ0) is 15.5. The predicted molar refractivity (Wildman–Crippen MR) is 87.7 cm³/mol. The lowest BCUT2D eigenvalue weighted by molar-refractivity contribution is -0.129. The van der Waals surface area contributed by atoms with E-state index in [0.717, 1.165) is 21.3 Å². The number of hydrogen-bond acceptors (Lipinski definition) is 4. The van der Waals surface area contributed by atoms with Gasteiger partial charge in [0, 0.05) is 4.47 Å². The topological polar surface area (TPSA) is 47.9 Å². The fourth-order valence-corrected chi connectivity index (χ4v) is 2.47. The fraction of sp³-hybridized carbons (Fsp3) is 0.0588. The summed E-state index contributed by atoms with van der Waals surface area (Å²) in [6.07, 6.45) is 1.69. The molecule has 22 heavy (non-hydrogen) atoms. The lowest BCUT2D eigenvalue weighted by atomic mass is 10.2. The number of carbonyl (C=O) groups excluding carboxylic acids is 1. The second kappa shape index (κ2) is 6.15. The third-order valence-electron chi connectivity index (χ3n) is 3.14. The summed E-state index contributed by atoms with van der Waals surface area (Å²) in [5.74, 6) is 0.604. The number of rotatable bonds is 3. The number of esters is 1. The Hall–Kier alpha value is -2.40. The van der Waals surface area contributed by atoms with Crippen molar-refractivity contribution in [2.24, 2.45) is 4.99 Å². The highest BCUT2D eigenvalue weighted by Crippen LogP contribution is 2.24. The molecule has 0 saturated heterocycles. The molecular formula is C17H12BrNO3. The zero-order valence-electron chi connectivity index (χ0n) is 11.7. The molecule has 1 heterocycles. The van der Waals surface area contributed by atoms with Crippen LogP contribution in [0.15, 0.2) is 63.7 Å². The second-order valence-electron chi connectivity index (χ2n) is 4.59. The largest absolute Gasteiger partial charge is 0.497 e. The Labute approximate surface area is 136 Å². The van der Waals surface area contributed by atoms with Crippen LogP contribution < -0.4 is 4.74 Å².